The van der Waals surface area contributed by atoms with Crippen LogP contribution in [0, 0.1) is 5.82 Å². The molecule has 0 amide bonds. The summed E-state index contributed by atoms with van der Waals surface area (Å²) in [7, 11) is -3.56. The zero-order valence-electron chi connectivity index (χ0n) is 20.4. The number of ether oxygens (including phenoxy) is 1. The van der Waals surface area contributed by atoms with Crippen molar-refractivity contribution in [2.24, 2.45) is 0 Å². The number of sulfonamides is 1. The van der Waals surface area contributed by atoms with Crippen LogP contribution in [-0.4, -0.2) is 54.8 Å². The molecule has 0 unspecified atom stereocenters. The van der Waals surface area contributed by atoms with Gasteiger partial charge in [0.2, 0.25) is 5.75 Å². The van der Waals surface area contributed by atoms with Crippen LogP contribution < -0.4 is 15.2 Å². The van der Waals surface area contributed by atoms with E-state index in [0.717, 1.165) is 4.68 Å². The summed E-state index contributed by atoms with van der Waals surface area (Å²) >= 11 is 1.19. The molecule has 4 aromatic rings. The second-order valence-electron chi connectivity index (χ2n) is 9.30. The van der Waals surface area contributed by atoms with E-state index >= 15 is 0 Å². The minimum atomic E-state index is -3.56. The number of benzene rings is 2. The van der Waals surface area contributed by atoms with Gasteiger partial charge in [-0.05, 0) is 40.8 Å². The van der Waals surface area contributed by atoms with Crippen molar-refractivity contribution < 1.29 is 17.5 Å². The fourth-order valence-electron chi connectivity index (χ4n) is 5.03. The molecule has 2 aliphatic rings. The monoisotopic (exact) mass is 552 g/mol. The first-order valence-corrected chi connectivity index (χ1v) is 14.6. The van der Waals surface area contributed by atoms with Crippen molar-refractivity contribution in [1.82, 2.24) is 14.1 Å². The molecule has 2 aromatic carbocycles. The lowest BCUT2D eigenvalue weighted by Crippen LogP contribution is -2.49. The molecule has 1 saturated heterocycles. The number of thiophene rings is 1. The Hall–Kier alpha value is -3.54. The second-order valence-corrected chi connectivity index (χ2v) is 12.4. The fourth-order valence-corrected chi connectivity index (χ4v) is 7.60. The third-order valence-corrected chi connectivity index (χ3v) is 10.2. The van der Waals surface area contributed by atoms with Crippen LogP contribution in [0.4, 0.5) is 10.1 Å². The topological polar surface area (TPSA) is 84.7 Å². The van der Waals surface area contributed by atoms with Gasteiger partial charge >= 0.3 is 5.56 Å². The molecule has 6 rings (SSSR count). The Morgan fingerprint density at radius 2 is 1.68 bits per heavy atom. The quantitative estimate of drug-likeness (QED) is 0.364. The lowest BCUT2D eigenvalue weighted by molar-refractivity contribution is 0.209. The van der Waals surface area contributed by atoms with Gasteiger partial charge in [-0.25, -0.2) is 12.8 Å². The molecule has 8 nitrogen and oxygen atoms in total. The van der Waals surface area contributed by atoms with Gasteiger partial charge in [-0.15, -0.1) is 11.3 Å². The number of piperazine rings is 1. The van der Waals surface area contributed by atoms with Crippen LogP contribution in [0.1, 0.15) is 11.1 Å². The highest BCUT2D eigenvalue weighted by Crippen LogP contribution is 2.31. The van der Waals surface area contributed by atoms with E-state index in [0.29, 0.717) is 41.5 Å². The Balaban J connectivity index is 1.31. The largest absolute Gasteiger partial charge is 0.482 e. The van der Waals surface area contributed by atoms with Crippen LogP contribution in [-0.2, 0) is 22.9 Å². The molecule has 0 radical (unpaired) electrons. The number of anilines is 1. The summed E-state index contributed by atoms with van der Waals surface area (Å²) in [5.74, 6) is -0.339. The standard InChI is InChI=1S/C27H25FN4O4S2/c28-21-7-3-8-22(17-21)32-27(33)26(36-23-15-19-5-1-2-6-20(19)16-23)24(18-29-32)30-10-12-31(13-11-30)38(34,35)25-9-4-14-37-25/h1-9,14,17-18,23H,10-13,15-16H2. The Labute approximate surface area is 223 Å². The van der Waals surface area contributed by atoms with E-state index in [4.69, 9.17) is 4.74 Å². The summed E-state index contributed by atoms with van der Waals surface area (Å²) < 4.78 is 49.2. The van der Waals surface area contributed by atoms with E-state index in [-0.39, 0.29) is 24.9 Å². The lowest BCUT2D eigenvalue weighted by atomic mass is 10.1. The molecule has 0 bridgehead atoms. The van der Waals surface area contributed by atoms with E-state index in [1.165, 1.54) is 45.0 Å². The number of nitrogens with zero attached hydrogens (tertiary/aromatic N) is 4. The van der Waals surface area contributed by atoms with Crippen LogP contribution in [0.5, 0.6) is 5.75 Å². The molecule has 11 heteroatoms. The van der Waals surface area contributed by atoms with Crippen LogP contribution in [0.25, 0.3) is 5.69 Å². The van der Waals surface area contributed by atoms with Gasteiger partial charge in [0, 0.05) is 39.0 Å². The Kier molecular flexibility index (Phi) is 6.50. The number of fused-ring (bicyclic) bond motifs is 1. The van der Waals surface area contributed by atoms with Crippen molar-refractivity contribution in [3.05, 3.63) is 99.5 Å². The highest BCUT2D eigenvalue weighted by atomic mass is 32.2. The van der Waals surface area contributed by atoms with Gasteiger partial charge in [0.1, 0.15) is 21.8 Å². The summed E-state index contributed by atoms with van der Waals surface area (Å²) in [5, 5.41) is 6.08. The maximum Gasteiger partial charge on any atom is 0.316 e. The maximum atomic E-state index is 13.9. The summed E-state index contributed by atoms with van der Waals surface area (Å²) in [5.41, 5.74) is 2.69. The Morgan fingerprint density at radius 3 is 2.34 bits per heavy atom. The van der Waals surface area contributed by atoms with Gasteiger partial charge in [-0.1, -0.05) is 36.4 Å². The van der Waals surface area contributed by atoms with E-state index in [9.17, 15) is 17.6 Å². The number of aromatic nitrogens is 2. The normalized spacial score (nSPS) is 16.5. The molecule has 3 heterocycles. The molecule has 0 N–H and O–H groups in total. The first-order chi connectivity index (χ1) is 18.4. The molecule has 1 fully saturated rings. The fraction of sp³-hybridized carbons (Fsp3) is 0.259. The summed E-state index contributed by atoms with van der Waals surface area (Å²) in [6.45, 7) is 1.27. The molecule has 196 valence electrons. The average Bonchev–Trinajstić information content (AvgIpc) is 3.60. The summed E-state index contributed by atoms with van der Waals surface area (Å²) in [6.07, 6.45) is 2.66. The molecular formula is C27H25FN4O4S2. The van der Waals surface area contributed by atoms with Crippen LogP contribution in [0.2, 0.25) is 0 Å². The first kappa shape index (κ1) is 24.8. The van der Waals surface area contributed by atoms with Crippen molar-refractivity contribution in [2.75, 3.05) is 31.1 Å². The van der Waals surface area contributed by atoms with Crippen LogP contribution in [0.3, 0.4) is 0 Å². The Morgan fingerprint density at radius 1 is 0.947 bits per heavy atom. The van der Waals surface area contributed by atoms with Gasteiger partial charge in [-0.2, -0.15) is 14.1 Å². The lowest BCUT2D eigenvalue weighted by Gasteiger charge is -2.35. The van der Waals surface area contributed by atoms with Gasteiger partial charge < -0.3 is 9.64 Å². The Bertz CT molecular complexity index is 1610. The number of halogens is 1. The molecule has 0 saturated carbocycles. The predicted molar refractivity (Wildman–Crippen MR) is 143 cm³/mol. The van der Waals surface area contributed by atoms with E-state index < -0.39 is 21.4 Å². The van der Waals surface area contributed by atoms with Crippen molar-refractivity contribution in [2.45, 2.75) is 23.2 Å². The number of rotatable bonds is 6. The van der Waals surface area contributed by atoms with Crippen LogP contribution >= 0.6 is 11.3 Å². The van der Waals surface area contributed by atoms with Crippen molar-refractivity contribution in [3.63, 3.8) is 0 Å². The second kappa shape index (κ2) is 9.97. The molecule has 1 aliphatic heterocycles. The summed E-state index contributed by atoms with van der Waals surface area (Å²) in [6, 6.07) is 17.1. The van der Waals surface area contributed by atoms with Crippen molar-refractivity contribution in [1.29, 1.82) is 0 Å². The third kappa shape index (κ3) is 4.61. The average molecular weight is 553 g/mol. The highest BCUT2D eigenvalue weighted by molar-refractivity contribution is 7.91. The zero-order chi connectivity index (χ0) is 26.3. The minimum absolute atomic E-state index is 0.136. The van der Waals surface area contributed by atoms with Crippen molar-refractivity contribution in [3.8, 4) is 11.4 Å². The smallest absolute Gasteiger partial charge is 0.316 e. The van der Waals surface area contributed by atoms with Crippen molar-refractivity contribution >= 4 is 27.0 Å². The minimum Gasteiger partial charge on any atom is -0.482 e. The van der Waals surface area contributed by atoms with E-state index in [1.54, 1.807) is 29.8 Å². The van der Waals surface area contributed by atoms with E-state index in [2.05, 4.69) is 17.2 Å². The molecule has 0 spiro atoms. The predicted octanol–water partition coefficient (Wildman–Crippen LogP) is 3.49. The third-order valence-electron chi connectivity index (χ3n) is 6.93. The first-order valence-electron chi connectivity index (χ1n) is 12.3. The number of hydrogen-bond acceptors (Lipinski definition) is 7. The molecule has 2 aromatic heterocycles. The van der Waals surface area contributed by atoms with Gasteiger partial charge in [0.25, 0.3) is 10.0 Å². The zero-order valence-corrected chi connectivity index (χ0v) is 22.0. The van der Waals surface area contributed by atoms with Gasteiger partial charge in [0.05, 0.1) is 11.9 Å². The van der Waals surface area contributed by atoms with Gasteiger partial charge in [-0.3, -0.25) is 4.79 Å². The van der Waals surface area contributed by atoms with Crippen LogP contribution in [0.15, 0.2) is 81.2 Å². The molecule has 1 aliphatic carbocycles. The maximum absolute atomic E-state index is 13.9. The summed E-state index contributed by atoms with van der Waals surface area (Å²) in [4.78, 5) is 15.6. The SMILES string of the molecule is O=c1c(OC2Cc3ccccc3C2)c(N2CCN(S(=O)(=O)c3cccs3)CC2)cnn1-c1cccc(F)c1. The molecule has 38 heavy (non-hydrogen) atoms. The molecule has 0 atom stereocenters. The number of hydrogen-bond donors (Lipinski definition) is 0. The van der Waals surface area contributed by atoms with E-state index in [1.807, 2.05) is 17.0 Å². The molecular weight excluding hydrogens is 527 g/mol. The van der Waals surface area contributed by atoms with Gasteiger partial charge in [0.15, 0.2) is 0 Å². The highest BCUT2D eigenvalue weighted by Gasteiger charge is 2.32.